The Hall–Kier alpha value is -0.830. The molecule has 1 aromatic heterocycles. The van der Waals surface area contributed by atoms with Gasteiger partial charge in [-0.25, -0.2) is 0 Å². The minimum atomic E-state index is -0.326. The maximum absolute atomic E-state index is 5.99. The maximum Gasteiger partial charge on any atom is 0.0817 e. The molecule has 0 aliphatic heterocycles. The second-order valence-electron chi connectivity index (χ2n) is 4.91. The second kappa shape index (κ2) is 3.39. The molecule has 0 atom stereocenters. The molecule has 2 rings (SSSR count). The third-order valence-corrected chi connectivity index (χ3v) is 3.05. The average Bonchev–Trinajstić information content (AvgIpc) is 2.73. The van der Waals surface area contributed by atoms with Crippen LogP contribution >= 0.6 is 0 Å². The highest BCUT2D eigenvalue weighted by atomic mass is 15.1. The van der Waals surface area contributed by atoms with Gasteiger partial charge in [0.2, 0.25) is 0 Å². The number of rotatable bonds is 2. The molecule has 0 amide bonds. The highest BCUT2D eigenvalue weighted by Crippen LogP contribution is 2.33. The van der Waals surface area contributed by atoms with E-state index in [0.717, 1.165) is 5.69 Å². The van der Waals surface area contributed by atoms with Crippen molar-refractivity contribution >= 4 is 0 Å². The van der Waals surface area contributed by atoms with Gasteiger partial charge in [-0.3, -0.25) is 5.10 Å². The fraction of sp³-hybridized carbons (Fsp3) is 0.727. The molecule has 1 fully saturated rings. The van der Waals surface area contributed by atoms with Gasteiger partial charge in [-0.15, -0.1) is 0 Å². The lowest BCUT2D eigenvalue weighted by Gasteiger charge is -2.14. The van der Waals surface area contributed by atoms with Crippen LogP contribution < -0.4 is 5.73 Å². The SMILES string of the molecule is CC(C)(N)c1cc(C2CCCC2)[nH]n1. The van der Waals surface area contributed by atoms with Crippen LogP contribution in [0, 0.1) is 0 Å². The van der Waals surface area contributed by atoms with Crippen molar-refractivity contribution in [1.29, 1.82) is 0 Å². The number of H-pyrrole nitrogens is 1. The van der Waals surface area contributed by atoms with Crippen LogP contribution in [0.3, 0.4) is 0 Å². The zero-order valence-corrected chi connectivity index (χ0v) is 9.01. The molecule has 3 N–H and O–H groups in total. The standard InChI is InChI=1S/C11H19N3/c1-11(2,12)10-7-9(13-14-10)8-5-3-4-6-8/h7-8H,3-6,12H2,1-2H3,(H,13,14). The Kier molecular flexibility index (Phi) is 2.35. The molecule has 0 saturated heterocycles. The monoisotopic (exact) mass is 193 g/mol. The Morgan fingerprint density at radius 1 is 1.43 bits per heavy atom. The van der Waals surface area contributed by atoms with Crippen LogP contribution in [-0.2, 0) is 5.54 Å². The zero-order valence-electron chi connectivity index (χ0n) is 9.01. The van der Waals surface area contributed by atoms with Gasteiger partial charge in [0.1, 0.15) is 0 Å². The summed E-state index contributed by atoms with van der Waals surface area (Å²) in [6, 6.07) is 2.13. The number of hydrogen-bond donors (Lipinski definition) is 2. The smallest absolute Gasteiger partial charge is 0.0817 e. The zero-order chi connectivity index (χ0) is 10.2. The fourth-order valence-corrected chi connectivity index (χ4v) is 2.11. The summed E-state index contributed by atoms with van der Waals surface area (Å²) in [6.07, 6.45) is 5.30. The Bertz CT molecular complexity index is 303. The van der Waals surface area contributed by atoms with E-state index < -0.39 is 0 Å². The van der Waals surface area contributed by atoms with Crippen molar-refractivity contribution < 1.29 is 0 Å². The van der Waals surface area contributed by atoms with Gasteiger partial charge in [0, 0.05) is 11.6 Å². The van der Waals surface area contributed by atoms with Crippen molar-refractivity contribution in [3.8, 4) is 0 Å². The fourth-order valence-electron chi connectivity index (χ4n) is 2.11. The summed E-state index contributed by atoms with van der Waals surface area (Å²) < 4.78 is 0. The van der Waals surface area contributed by atoms with Crippen LogP contribution in [-0.4, -0.2) is 10.2 Å². The summed E-state index contributed by atoms with van der Waals surface area (Å²) in [5.74, 6) is 0.693. The summed E-state index contributed by atoms with van der Waals surface area (Å²) in [5.41, 5.74) is 7.91. The summed E-state index contributed by atoms with van der Waals surface area (Å²) in [4.78, 5) is 0. The quantitative estimate of drug-likeness (QED) is 0.757. The molecule has 78 valence electrons. The predicted molar refractivity (Wildman–Crippen MR) is 57.0 cm³/mol. The van der Waals surface area contributed by atoms with Crippen LogP contribution in [0.2, 0.25) is 0 Å². The van der Waals surface area contributed by atoms with Gasteiger partial charge in [-0.2, -0.15) is 5.10 Å². The molecule has 1 aromatic rings. The van der Waals surface area contributed by atoms with E-state index in [9.17, 15) is 0 Å². The molecule has 1 aliphatic carbocycles. The number of nitrogens with one attached hydrogen (secondary N) is 1. The molecule has 1 heterocycles. The first-order chi connectivity index (χ1) is 6.57. The van der Waals surface area contributed by atoms with Crippen molar-refractivity contribution in [2.75, 3.05) is 0 Å². The molecule has 3 heteroatoms. The summed E-state index contributed by atoms with van der Waals surface area (Å²) >= 11 is 0. The van der Waals surface area contributed by atoms with Crippen LogP contribution in [0.25, 0.3) is 0 Å². The Balaban J connectivity index is 2.17. The lowest BCUT2D eigenvalue weighted by atomic mass is 9.99. The number of nitrogens with zero attached hydrogens (tertiary/aromatic N) is 1. The average molecular weight is 193 g/mol. The molecule has 1 aliphatic rings. The molecule has 1 saturated carbocycles. The van der Waals surface area contributed by atoms with Gasteiger partial charge in [-0.05, 0) is 32.8 Å². The normalized spacial score (nSPS) is 19.1. The van der Waals surface area contributed by atoms with E-state index in [1.54, 1.807) is 0 Å². The minimum absolute atomic E-state index is 0.326. The predicted octanol–water partition coefficient (Wildman–Crippen LogP) is 2.26. The third kappa shape index (κ3) is 1.82. The van der Waals surface area contributed by atoms with E-state index in [0.29, 0.717) is 5.92 Å². The Morgan fingerprint density at radius 2 is 2.07 bits per heavy atom. The van der Waals surface area contributed by atoms with Crippen LogP contribution in [0.4, 0.5) is 0 Å². The van der Waals surface area contributed by atoms with Crippen molar-refractivity contribution in [2.45, 2.75) is 51.0 Å². The highest BCUT2D eigenvalue weighted by Gasteiger charge is 2.23. The second-order valence-corrected chi connectivity index (χ2v) is 4.91. The molecule has 14 heavy (non-hydrogen) atoms. The summed E-state index contributed by atoms with van der Waals surface area (Å²) in [5, 5.41) is 7.41. The summed E-state index contributed by atoms with van der Waals surface area (Å²) in [6.45, 7) is 3.98. The van der Waals surface area contributed by atoms with E-state index in [2.05, 4.69) is 16.3 Å². The molecule has 0 bridgehead atoms. The van der Waals surface area contributed by atoms with E-state index in [1.807, 2.05) is 13.8 Å². The topological polar surface area (TPSA) is 54.7 Å². The van der Waals surface area contributed by atoms with Crippen molar-refractivity contribution in [3.63, 3.8) is 0 Å². The summed E-state index contributed by atoms with van der Waals surface area (Å²) in [7, 11) is 0. The lowest BCUT2D eigenvalue weighted by molar-refractivity contribution is 0.533. The van der Waals surface area contributed by atoms with Gasteiger partial charge in [0.15, 0.2) is 0 Å². The number of nitrogens with two attached hydrogens (primary N) is 1. The van der Waals surface area contributed by atoms with Gasteiger partial charge in [0.05, 0.1) is 11.2 Å². The highest BCUT2D eigenvalue weighted by molar-refractivity contribution is 5.19. The van der Waals surface area contributed by atoms with E-state index >= 15 is 0 Å². The molecule has 0 aromatic carbocycles. The lowest BCUT2D eigenvalue weighted by Crippen LogP contribution is -2.29. The van der Waals surface area contributed by atoms with Crippen molar-refractivity contribution in [2.24, 2.45) is 5.73 Å². The first-order valence-corrected chi connectivity index (χ1v) is 5.42. The van der Waals surface area contributed by atoms with Crippen LogP contribution in [0.5, 0.6) is 0 Å². The molecule has 3 nitrogen and oxygen atoms in total. The number of hydrogen-bond acceptors (Lipinski definition) is 2. The van der Waals surface area contributed by atoms with E-state index in [4.69, 9.17) is 5.73 Å². The molecular formula is C11H19N3. The minimum Gasteiger partial charge on any atom is -0.321 e. The van der Waals surface area contributed by atoms with Crippen molar-refractivity contribution in [3.05, 3.63) is 17.5 Å². The maximum atomic E-state index is 5.99. The van der Waals surface area contributed by atoms with Gasteiger partial charge in [-0.1, -0.05) is 12.8 Å². The first-order valence-electron chi connectivity index (χ1n) is 5.42. The Labute approximate surface area is 85.1 Å². The number of aromatic nitrogens is 2. The number of aromatic amines is 1. The van der Waals surface area contributed by atoms with Gasteiger partial charge in [0.25, 0.3) is 0 Å². The molecule has 0 unspecified atom stereocenters. The largest absolute Gasteiger partial charge is 0.321 e. The molecule has 0 radical (unpaired) electrons. The molecule has 0 spiro atoms. The Morgan fingerprint density at radius 3 is 2.57 bits per heavy atom. The van der Waals surface area contributed by atoms with E-state index in [-0.39, 0.29) is 5.54 Å². The molecular weight excluding hydrogens is 174 g/mol. The van der Waals surface area contributed by atoms with Crippen molar-refractivity contribution in [1.82, 2.24) is 10.2 Å². The van der Waals surface area contributed by atoms with Gasteiger partial charge >= 0.3 is 0 Å². The third-order valence-electron chi connectivity index (χ3n) is 3.05. The van der Waals surface area contributed by atoms with Gasteiger partial charge < -0.3 is 5.73 Å². The van der Waals surface area contributed by atoms with Crippen LogP contribution in [0.15, 0.2) is 6.07 Å². The van der Waals surface area contributed by atoms with Crippen LogP contribution in [0.1, 0.15) is 56.8 Å². The van der Waals surface area contributed by atoms with E-state index in [1.165, 1.54) is 31.4 Å². The first kappa shape index (κ1) is 9.71.